The van der Waals surface area contributed by atoms with Gasteiger partial charge in [-0.3, -0.25) is 9.69 Å². The van der Waals surface area contributed by atoms with Crippen molar-refractivity contribution in [3.05, 3.63) is 21.9 Å². The second-order valence-electron chi connectivity index (χ2n) is 7.06. The molecule has 2 fully saturated rings. The van der Waals surface area contributed by atoms with E-state index in [9.17, 15) is 4.79 Å². The van der Waals surface area contributed by atoms with Crippen molar-refractivity contribution in [2.75, 3.05) is 46.0 Å². The monoisotopic (exact) mass is 376 g/mol. The standard InChI is InChI=1S/C20H28N2O3S/c23-10-1-4-18-12-19(26-16-18)14-21-6-3-7-22(9-8-21)20(24)13-17-5-2-11-25-15-17/h12,16-17,23H,2-3,5-11,13-15H2. The summed E-state index contributed by atoms with van der Waals surface area (Å²) in [7, 11) is 0. The van der Waals surface area contributed by atoms with Gasteiger partial charge in [0.05, 0.1) is 0 Å². The fraction of sp³-hybridized carbons (Fsp3) is 0.650. The Morgan fingerprint density at radius 2 is 2.23 bits per heavy atom. The molecule has 3 heterocycles. The van der Waals surface area contributed by atoms with Crippen molar-refractivity contribution in [1.29, 1.82) is 0 Å². The highest BCUT2D eigenvalue weighted by Gasteiger charge is 2.23. The van der Waals surface area contributed by atoms with Gasteiger partial charge < -0.3 is 14.7 Å². The molecule has 1 aromatic rings. The van der Waals surface area contributed by atoms with Gasteiger partial charge in [0.15, 0.2) is 0 Å². The zero-order chi connectivity index (χ0) is 18.2. The lowest BCUT2D eigenvalue weighted by Crippen LogP contribution is -2.36. The summed E-state index contributed by atoms with van der Waals surface area (Å²) in [6, 6.07) is 2.10. The lowest BCUT2D eigenvalue weighted by atomic mass is 9.98. The molecule has 6 heteroatoms. The zero-order valence-corrected chi connectivity index (χ0v) is 16.1. The third kappa shape index (κ3) is 5.82. The molecule has 142 valence electrons. The fourth-order valence-electron chi connectivity index (χ4n) is 3.61. The highest BCUT2D eigenvalue weighted by molar-refractivity contribution is 7.10. The maximum atomic E-state index is 12.6. The predicted molar refractivity (Wildman–Crippen MR) is 103 cm³/mol. The molecule has 2 aliphatic rings. The summed E-state index contributed by atoms with van der Waals surface area (Å²) in [6.07, 6.45) is 3.86. The Morgan fingerprint density at radius 3 is 3.04 bits per heavy atom. The molecule has 26 heavy (non-hydrogen) atoms. The van der Waals surface area contributed by atoms with Crippen molar-refractivity contribution in [2.45, 2.75) is 32.2 Å². The first-order chi connectivity index (χ1) is 12.7. The minimum absolute atomic E-state index is 0.103. The number of hydrogen-bond acceptors (Lipinski definition) is 5. The van der Waals surface area contributed by atoms with Gasteiger partial charge in [-0.1, -0.05) is 11.8 Å². The summed E-state index contributed by atoms with van der Waals surface area (Å²) >= 11 is 1.71. The molecule has 1 unspecified atom stereocenters. The normalized spacial score (nSPS) is 21.7. The van der Waals surface area contributed by atoms with E-state index in [1.54, 1.807) is 11.3 Å². The van der Waals surface area contributed by atoms with Crippen molar-refractivity contribution < 1.29 is 14.6 Å². The van der Waals surface area contributed by atoms with Gasteiger partial charge in [0.1, 0.15) is 6.61 Å². The van der Waals surface area contributed by atoms with Crippen molar-refractivity contribution in [2.24, 2.45) is 5.92 Å². The van der Waals surface area contributed by atoms with Crippen LogP contribution in [-0.2, 0) is 16.1 Å². The van der Waals surface area contributed by atoms with Gasteiger partial charge >= 0.3 is 0 Å². The summed E-state index contributed by atoms with van der Waals surface area (Å²) in [5.41, 5.74) is 0.973. The first kappa shape index (κ1) is 19.4. The number of thiophene rings is 1. The van der Waals surface area contributed by atoms with Gasteiger partial charge in [0.2, 0.25) is 5.91 Å². The molecule has 0 saturated carbocycles. The van der Waals surface area contributed by atoms with Crippen LogP contribution in [0.5, 0.6) is 0 Å². The quantitative estimate of drug-likeness (QED) is 0.816. The Balaban J connectivity index is 1.46. The van der Waals surface area contributed by atoms with E-state index >= 15 is 0 Å². The van der Waals surface area contributed by atoms with Gasteiger partial charge in [-0.25, -0.2) is 0 Å². The molecule has 1 atom stereocenters. The molecule has 1 amide bonds. The topological polar surface area (TPSA) is 53.0 Å². The number of aliphatic hydroxyl groups is 1. The Bertz CT molecular complexity index is 643. The molecule has 0 bridgehead atoms. The van der Waals surface area contributed by atoms with Crippen LogP contribution in [0.1, 0.15) is 36.1 Å². The lowest BCUT2D eigenvalue weighted by molar-refractivity contribution is -0.133. The van der Waals surface area contributed by atoms with Crippen LogP contribution in [0.2, 0.25) is 0 Å². The van der Waals surface area contributed by atoms with Crippen LogP contribution in [0.25, 0.3) is 0 Å². The Morgan fingerprint density at radius 1 is 1.31 bits per heavy atom. The molecular weight excluding hydrogens is 348 g/mol. The molecule has 0 spiro atoms. The van der Waals surface area contributed by atoms with Crippen LogP contribution in [-0.4, -0.2) is 66.8 Å². The first-order valence-electron chi connectivity index (χ1n) is 9.49. The summed E-state index contributed by atoms with van der Waals surface area (Å²) in [4.78, 5) is 18.4. The number of aliphatic hydroxyl groups excluding tert-OH is 1. The largest absolute Gasteiger partial charge is 0.384 e. The molecule has 2 aliphatic heterocycles. The van der Waals surface area contributed by atoms with Gasteiger partial charge in [-0.05, 0) is 31.2 Å². The molecule has 0 aliphatic carbocycles. The number of rotatable bonds is 4. The average Bonchev–Trinajstić information content (AvgIpc) is 2.96. The number of hydrogen-bond donors (Lipinski definition) is 1. The Labute approximate surface area is 159 Å². The van der Waals surface area contributed by atoms with Gasteiger partial charge in [-0.15, -0.1) is 11.3 Å². The second kappa shape index (κ2) is 10.1. The number of carbonyl (C=O) groups excluding carboxylic acids is 1. The van der Waals surface area contributed by atoms with Crippen LogP contribution in [0, 0.1) is 17.8 Å². The van der Waals surface area contributed by atoms with Crippen molar-refractivity contribution in [3.63, 3.8) is 0 Å². The molecule has 2 saturated heterocycles. The van der Waals surface area contributed by atoms with Crippen molar-refractivity contribution in [1.82, 2.24) is 9.80 Å². The third-order valence-corrected chi connectivity index (χ3v) is 5.93. The number of amides is 1. The lowest BCUT2D eigenvalue weighted by Gasteiger charge is -2.26. The summed E-state index contributed by atoms with van der Waals surface area (Å²) in [5, 5.41) is 10.8. The number of carbonyl (C=O) groups is 1. The molecule has 5 nitrogen and oxygen atoms in total. The predicted octanol–water partition coefficient (Wildman–Crippen LogP) is 1.94. The smallest absolute Gasteiger partial charge is 0.222 e. The Kier molecular flexibility index (Phi) is 7.51. The highest BCUT2D eigenvalue weighted by atomic mass is 32.1. The minimum atomic E-state index is -0.103. The van der Waals surface area contributed by atoms with E-state index in [0.717, 1.165) is 70.8 Å². The number of nitrogens with zero attached hydrogens (tertiary/aromatic N) is 2. The molecule has 0 radical (unpaired) electrons. The molecular formula is C20H28N2O3S. The molecule has 1 N–H and O–H groups in total. The van der Waals surface area contributed by atoms with Crippen LogP contribution >= 0.6 is 11.3 Å². The third-order valence-electron chi connectivity index (χ3n) is 5.00. The van der Waals surface area contributed by atoms with Crippen LogP contribution in [0.3, 0.4) is 0 Å². The fourth-order valence-corrected chi connectivity index (χ4v) is 4.47. The van der Waals surface area contributed by atoms with Gasteiger partial charge in [0.25, 0.3) is 0 Å². The average molecular weight is 377 g/mol. The Hall–Kier alpha value is -1.39. The van der Waals surface area contributed by atoms with Gasteiger partial charge in [-0.2, -0.15) is 0 Å². The van der Waals surface area contributed by atoms with Crippen molar-refractivity contribution in [3.8, 4) is 11.8 Å². The summed E-state index contributed by atoms with van der Waals surface area (Å²) in [6.45, 7) is 6.01. The van der Waals surface area contributed by atoms with E-state index in [0.29, 0.717) is 18.2 Å². The molecule has 0 aromatic carbocycles. The maximum absolute atomic E-state index is 12.6. The highest BCUT2D eigenvalue weighted by Crippen LogP contribution is 2.20. The van der Waals surface area contributed by atoms with Crippen LogP contribution in [0.15, 0.2) is 11.4 Å². The molecule has 1 aromatic heterocycles. The van der Waals surface area contributed by atoms with E-state index in [1.165, 1.54) is 4.88 Å². The van der Waals surface area contributed by atoms with E-state index in [2.05, 4.69) is 22.8 Å². The van der Waals surface area contributed by atoms with E-state index in [-0.39, 0.29) is 6.61 Å². The van der Waals surface area contributed by atoms with Crippen LogP contribution in [0.4, 0.5) is 0 Å². The van der Waals surface area contributed by atoms with E-state index in [1.807, 2.05) is 10.3 Å². The number of ether oxygens (including phenoxy) is 1. The zero-order valence-electron chi connectivity index (χ0n) is 15.3. The first-order valence-corrected chi connectivity index (χ1v) is 10.4. The molecule has 3 rings (SSSR count). The summed E-state index contributed by atoms with van der Waals surface area (Å²) in [5.74, 6) is 6.34. The SMILES string of the molecule is O=C(CC1CCCOC1)N1CCCN(Cc2cc(C#CCO)cs2)CC1. The van der Waals surface area contributed by atoms with Gasteiger partial charge in [0, 0.05) is 68.2 Å². The van der Waals surface area contributed by atoms with Crippen molar-refractivity contribution >= 4 is 17.2 Å². The van der Waals surface area contributed by atoms with E-state index < -0.39 is 0 Å². The second-order valence-corrected chi connectivity index (χ2v) is 8.06. The summed E-state index contributed by atoms with van der Waals surface area (Å²) < 4.78 is 5.50. The maximum Gasteiger partial charge on any atom is 0.222 e. The minimum Gasteiger partial charge on any atom is -0.384 e. The van der Waals surface area contributed by atoms with Crippen LogP contribution < -0.4 is 0 Å². The van der Waals surface area contributed by atoms with E-state index in [4.69, 9.17) is 9.84 Å².